The molecule has 17 heavy (non-hydrogen) atoms. The molecule has 1 heterocycles. The third-order valence-corrected chi connectivity index (χ3v) is 3.51. The second-order valence-electron chi connectivity index (χ2n) is 4.82. The van der Waals surface area contributed by atoms with Crippen LogP contribution in [0.4, 0.5) is 5.69 Å². The number of hydrogen-bond acceptors (Lipinski definition) is 3. The summed E-state index contributed by atoms with van der Waals surface area (Å²) in [4.78, 5) is 2.44. The maximum Gasteiger partial charge on any atom is 0.0366 e. The standard InChI is InChI=1S/C14H23N3/c15-9-3-4-14(16)12-5-7-13(8-6-12)17-10-1-2-11-17/h5-8,14H,1-4,9-11,15-16H2/t14-/m0/s1. The van der Waals surface area contributed by atoms with Crippen LogP contribution in [-0.2, 0) is 0 Å². The highest BCUT2D eigenvalue weighted by Gasteiger charge is 2.12. The van der Waals surface area contributed by atoms with E-state index in [1.165, 1.54) is 37.2 Å². The number of anilines is 1. The second-order valence-corrected chi connectivity index (χ2v) is 4.82. The zero-order valence-corrected chi connectivity index (χ0v) is 10.4. The molecule has 0 bridgehead atoms. The average molecular weight is 233 g/mol. The van der Waals surface area contributed by atoms with Crippen molar-refractivity contribution in [2.45, 2.75) is 31.7 Å². The second kappa shape index (κ2) is 6.03. The Balaban J connectivity index is 1.96. The van der Waals surface area contributed by atoms with Crippen molar-refractivity contribution in [3.8, 4) is 0 Å². The van der Waals surface area contributed by atoms with Gasteiger partial charge in [0.05, 0.1) is 0 Å². The zero-order chi connectivity index (χ0) is 12.1. The van der Waals surface area contributed by atoms with E-state index < -0.39 is 0 Å². The lowest BCUT2D eigenvalue weighted by molar-refractivity contribution is 0.618. The molecule has 3 nitrogen and oxygen atoms in total. The first-order valence-electron chi connectivity index (χ1n) is 6.62. The molecule has 1 saturated heterocycles. The third kappa shape index (κ3) is 3.20. The fraction of sp³-hybridized carbons (Fsp3) is 0.571. The van der Waals surface area contributed by atoms with Gasteiger partial charge in [-0.3, -0.25) is 0 Å². The van der Waals surface area contributed by atoms with E-state index >= 15 is 0 Å². The Hall–Kier alpha value is -1.06. The highest BCUT2D eigenvalue weighted by atomic mass is 15.1. The molecule has 1 aliphatic rings. The van der Waals surface area contributed by atoms with Crippen LogP contribution in [0.2, 0.25) is 0 Å². The zero-order valence-electron chi connectivity index (χ0n) is 10.4. The molecule has 1 aliphatic heterocycles. The van der Waals surface area contributed by atoms with Gasteiger partial charge < -0.3 is 16.4 Å². The molecule has 1 aromatic carbocycles. The minimum absolute atomic E-state index is 0.131. The molecule has 3 heteroatoms. The Labute approximate surface area is 104 Å². The van der Waals surface area contributed by atoms with Gasteiger partial charge in [0.15, 0.2) is 0 Å². The van der Waals surface area contributed by atoms with Crippen LogP contribution >= 0.6 is 0 Å². The monoisotopic (exact) mass is 233 g/mol. The lowest BCUT2D eigenvalue weighted by Gasteiger charge is -2.19. The van der Waals surface area contributed by atoms with Crippen molar-refractivity contribution in [3.63, 3.8) is 0 Å². The van der Waals surface area contributed by atoms with Gasteiger partial charge >= 0.3 is 0 Å². The van der Waals surface area contributed by atoms with E-state index in [4.69, 9.17) is 11.5 Å². The van der Waals surface area contributed by atoms with Crippen molar-refractivity contribution >= 4 is 5.69 Å². The molecular formula is C14H23N3. The number of nitrogens with zero attached hydrogens (tertiary/aromatic N) is 1. The molecule has 0 amide bonds. The average Bonchev–Trinajstić information content (AvgIpc) is 2.90. The van der Waals surface area contributed by atoms with E-state index in [9.17, 15) is 0 Å². The Morgan fingerprint density at radius 1 is 1.12 bits per heavy atom. The van der Waals surface area contributed by atoms with Crippen LogP contribution in [0.25, 0.3) is 0 Å². The molecule has 0 spiro atoms. The molecule has 1 atom stereocenters. The number of hydrogen-bond donors (Lipinski definition) is 2. The summed E-state index contributed by atoms with van der Waals surface area (Å²) in [6, 6.07) is 8.85. The molecule has 0 aliphatic carbocycles. The maximum absolute atomic E-state index is 6.12. The van der Waals surface area contributed by atoms with Gasteiger partial charge in [0.25, 0.3) is 0 Å². The summed E-state index contributed by atoms with van der Waals surface area (Å²) in [5.74, 6) is 0. The Kier molecular flexibility index (Phi) is 4.40. The van der Waals surface area contributed by atoms with Crippen LogP contribution in [0.15, 0.2) is 24.3 Å². The van der Waals surface area contributed by atoms with Gasteiger partial charge in [-0.15, -0.1) is 0 Å². The summed E-state index contributed by atoms with van der Waals surface area (Å²) >= 11 is 0. The van der Waals surface area contributed by atoms with Crippen molar-refractivity contribution in [2.75, 3.05) is 24.5 Å². The highest BCUT2D eigenvalue weighted by molar-refractivity contribution is 5.48. The normalized spacial score (nSPS) is 17.4. The van der Waals surface area contributed by atoms with Gasteiger partial charge in [0, 0.05) is 24.8 Å². The summed E-state index contributed by atoms with van der Waals surface area (Å²) in [5, 5.41) is 0. The fourth-order valence-electron chi connectivity index (χ4n) is 2.41. The fourth-order valence-corrected chi connectivity index (χ4v) is 2.41. The third-order valence-electron chi connectivity index (χ3n) is 3.51. The highest BCUT2D eigenvalue weighted by Crippen LogP contribution is 2.23. The Morgan fingerprint density at radius 3 is 2.35 bits per heavy atom. The van der Waals surface area contributed by atoms with Crippen LogP contribution in [-0.4, -0.2) is 19.6 Å². The van der Waals surface area contributed by atoms with Gasteiger partial charge in [0.2, 0.25) is 0 Å². The van der Waals surface area contributed by atoms with Crippen LogP contribution < -0.4 is 16.4 Å². The van der Waals surface area contributed by atoms with Crippen LogP contribution in [0, 0.1) is 0 Å². The van der Waals surface area contributed by atoms with Gasteiger partial charge in [-0.2, -0.15) is 0 Å². The molecule has 1 aromatic rings. The summed E-state index contributed by atoms with van der Waals surface area (Å²) in [6.07, 6.45) is 4.60. The number of rotatable bonds is 5. The SMILES string of the molecule is NCCC[C@H](N)c1ccc(N2CCCC2)cc1. The number of nitrogens with two attached hydrogens (primary N) is 2. The van der Waals surface area contributed by atoms with E-state index in [1.54, 1.807) is 0 Å². The largest absolute Gasteiger partial charge is 0.372 e. The predicted molar refractivity (Wildman–Crippen MR) is 73.1 cm³/mol. The van der Waals surface area contributed by atoms with Crippen molar-refractivity contribution in [1.29, 1.82) is 0 Å². The van der Waals surface area contributed by atoms with Crippen LogP contribution in [0.1, 0.15) is 37.3 Å². The number of benzene rings is 1. The molecular weight excluding hydrogens is 210 g/mol. The molecule has 4 N–H and O–H groups in total. The topological polar surface area (TPSA) is 55.3 Å². The first-order chi connectivity index (χ1) is 8.31. The summed E-state index contributed by atoms with van der Waals surface area (Å²) in [6.45, 7) is 3.11. The molecule has 0 radical (unpaired) electrons. The first-order valence-corrected chi connectivity index (χ1v) is 6.62. The minimum Gasteiger partial charge on any atom is -0.372 e. The van der Waals surface area contributed by atoms with E-state index in [0.29, 0.717) is 0 Å². The molecule has 0 unspecified atom stereocenters. The smallest absolute Gasteiger partial charge is 0.0366 e. The lowest BCUT2D eigenvalue weighted by Crippen LogP contribution is -2.18. The van der Waals surface area contributed by atoms with Gasteiger partial charge in [-0.25, -0.2) is 0 Å². The quantitative estimate of drug-likeness (QED) is 0.818. The van der Waals surface area contributed by atoms with Gasteiger partial charge in [0.1, 0.15) is 0 Å². The molecule has 94 valence electrons. The molecule has 2 rings (SSSR count). The summed E-state index contributed by atoms with van der Waals surface area (Å²) in [7, 11) is 0. The summed E-state index contributed by atoms with van der Waals surface area (Å²) in [5.41, 5.74) is 14.2. The maximum atomic E-state index is 6.12. The van der Waals surface area contributed by atoms with E-state index in [2.05, 4.69) is 29.2 Å². The Bertz CT molecular complexity index is 328. The summed E-state index contributed by atoms with van der Waals surface area (Å²) < 4.78 is 0. The van der Waals surface area contributed by atoms with E-state index in [-0.39, 0.29) is 6.04 Å². The minimum atomic E-state index is 0.131. The lowest BCUT2D eigenvalue weighted by atomic mass is 10.0. The predicted octanol–water partition coefficient (Wildman–Crippen LogP) is 2.03. The van der Waals surface area contributed by atoms with Crippen molar-refractivity contribution < 1.29 is 0 Å². The van der Waals surface area contributed by atoms with Gasteiger partial charge in [-0.05, 0) is 49.9 Å². The van der Waals surface area contributed by atoms with Gasteiger partial charge in [-0.1, -0.05) is 12.1 Å². The van der Waals surface area contributed by atoms with Crippen LogP contribution in [0.3, 0.4) is 0 Å². The molecule has 0 saturated carbocycles. The van der Waals surface area contributed by atoms with Crippen molar-refractivity contribution in [1.82, 2.24) is 0 Å². The van der Waals surface area contributed by atoms with Crippen molar-refractivity contribution in [2.24, 2.45) is 11.5 Å². The molecule has 1 fully saturated rings. The first kappa shape index (κ1) is 12.4. The van der Waals surface area contributed by atoms with Crippen LogP contribution in [0.5, 0.6) is 0 Å². The molecule has 0 aromatic heterocycles. The van der Waals surface area contributed by atoms with E-state index in [0.717, 1.165) is 19.4 Å². The Morgan fingerprint density at radius 2 is 1.76 bits per heavy atom. The van der Waals surface area contributed by atoms with Crippen molar-refractivity contribution in [3.05, 3.63) is 29.8 Å². The van der Waals surface area contributed by atoms with E-state index in [1.807, 2.05) is 0 Å².